The molecule has 0 aliphatic carbocycles. The van der Waals surface area contributed by atoms with Gasteiger partial charge in [-0.15, -0.1) is 0 Å². The van der Waals surface area contributed by atoms with Crippen molar-refractivity contribution in [2.45, 2.75) is 25.8 Å². The van der Waals surface area contributed by atoms with Crippen LogP contribution in [0.3, 0.4) is 0 Å². The first kappa shape index (κ1) is 12.7. The molecule has 0 aromatic heterocycles. The zero-order valence-electron chi connectivity index (χ0n) is 9.20. The number of rotatable bonds is 5. The molecule has 0 aliphatic rings. The molecule has 0 bridgehead atoms. The summed E-state index contributed by atoms with van der Waals surface area (Å²) in [6.07, 6.45) is 0. The Morgan fingerprint density at radius 3 is 2.73 bits per heavy atom. The lowest BCUT2D eigenvalue weighted by atomic mass is 10.0. The van der Waals surface area contributed by atoms with Gasteiger partial charge in [0.1, 0.15) is 0 Å². The number of aliphatic hydroxyl groups excluding tert-OH is 1. The lowest BCUT2D eigenvalue weighted by Crippen LogP contribution is -2.32. The number of benzene rings is 1. The predicted molar refractivity (Wildman–Crippen MR) is 67.1 cm³/mol. The molecule has 1 rings (SSSR count). The Morgan fingerprint density at radius 1 is 1.40 bits per heavy atom. The Kier molecular flexibility index (Phi) is 5.29. The molecule has 1 aromatic carbocycles. The number of hydrogen-bond donors (Lipinski definition) is 2. The minimum absolute atomic E-state index is 0.166. The fraction of sp³-hybridized carbons (Fsp3) is 0.500. The van der Waals surface area contributed by atoms with Crippen molar-refractivity contribution in [1.82, 2.24) is 5.32 Å². The highest BCUT2D eigenvalue weighted by molar-refractivity contribution is 9.10. The monoisotopic (exact) mass is 271 g/mol. The first-order valence-electron chi connectivity index (χ1n) is 5.23. The van der Waals surface area contributed by atoms with Gasteiger partial charge in [-0.25, -0.2) is 0 Å². The van der Waals surface area contributed by atoms with Crippen molar-refractivity contribution < 1.29 is 5.11 Å². The zero-order valence-corrected chi connectivity index (χ0v) is 10.8. The molecule has 0 radical (unpaired) electrons. The van der Waals surface area contributed by atoms with E-state index in [9.17, 15) is 0 Å². The van der Waals surface area contributed by atoms with Crippen molar-refractivity contribution in [3.63, 3.8) is 0 Å². The van der Waals surface area contributed by atoms with Crippen molar-refractivity contribution in [2.75, 3.05) is 13.2 Å². The molecule has 0 spiro atoms. The third kappa shape index (κ3) is 4.33. The zero-order chi connectivity index (χ0) is 11.3. The minimum atomic E-state index is 0.166. The van der Waals surface area contributed by atoms with Crippen LogP contribution in [-0.4, -0.2) is 24.3 Å². The summed E-state index contributed by atoms with van der Waals surface area (Å²) in [6.45, 7) is 5.23. The van der Waals surface area contributed by atoms with Gasteiger partial charge in [-0.1, -0.05) is 35.0 Å². The summed E-state index contributed by atoms with van der Waals surface area (Å²) in [5.41, 5.74) is 1.31. The number of hydrogen-bond acceptors (Lipinski definition) is 2. The van der Waals surface area contributed by atoms with Crippen molar-refractivity contribution in [2.24, 2.45) is 0 Å². The van der Waals surface area contributed by atoms with Gasteiger partial charge in [-0.2, -0.15) is 0 Å². The van der Waals surface area contributed by atoms with E-state index in [1.165, 1.54) is 5.56 Å². The van der Waals surface area contributed by atoms with Gasteiger partial charge in [0.15, 0.2) is 0 Å². The van der Waals surface area contributed by atoms with Crippen LogP contribution in [0, 0.1) is 0 Å². The summed E-state index contributed by atoms with van der Waals surface area (Å²) in [4.78, 5) is 0. The van der Waals surface area contributed by atoms with Gasteiger partial charge in [0, 0.05) is 17.1 Å². The Labute approximate surface area is 99.8 Å². The standard InChI is InChI=1S/C12H18BrNO/c1-9(7-14-10(2)8-15)11-4-3-5-12(13)6-11/h3-6,9-10,14-15H,7-8H2,1-2H3. The van der Waals surface area contributed by atoms with Crippen LogP contribution in [-0.2, 0) is 0 Å². The SMILES string of the molecule is CC(CO)NCC(C)c1cccc(Br)c1. The van der Waals surface area contributed by atoms with Crippen LogP contribution in [0.1, 0.15) is 25.3 Å². The second kappa shape index (κ2) is 6.26. The highest BCUT2D eigenvalue weighted by Gasteiger charge is 2.07. The summed E-state index contributed by atoms with van der Waals surface area (Å²) >= 11 is 3.46. The molecule has 1 aromatic rings. The molecule has 0 amide bonds. The van der Waals surface area contributed by atoms with E-state index in [1.54, 1.807) is 0 Å². The molecule has 0 fully saturated rings. The topological polar surface area (TPSA) is 32.3 Å². The Balaban J connectivity index is 2.50. The van der Waals surface area contributed by atoms with Gasteiger partial charge in [-0.3, -0.25) is 0 Å². The van der Waals surface area contributed by atoms with Gasteiger partial charge in [0.2, 0.25) is 0 Å². The van der Waals surface area contributed by atoms with Crippen LogP contribution in [0.2, 0.25) is 0 Å². The average Bonchev–Trinajstić information content (AvgIpc) is 2.25. The van der Waals surface area contributed by atoms with E-state index in [2.05, 4.69) is 40.3 Å². The lowest BCUT2D eigenvalue weighted by Gasteiger charge is -2.16. The molecular weight excluding hydrogens is 254 g/mol. The normalized spacial score (nSPS) is 14.9. The predicted octanol–water partition coefficient (Wildman–Crippen LogP) is 2.52. The minimum Gasteiger partial charge on any atom is -0.395 e. The summed E-state index contributed by atoms with van der Waals surface area (Å²) in [5.74, 6) is 0.455. The molecule has 0 saturated heterocycles. The highest BCUT2D eigenvalue weighted by atomic mass is 79.9. The van der Waals surface area contributed by atoms with Gasteiger partial charge >= 0.3 is 0 Å². The van der Waals surface area contributed by atoms with Crippen LogP contribution in [0.5, 0.6) is 0 Å². The molecule has 0 heterocycles. The van der Waals surface area contributed by atoms with Crippen molar-refractivity contribution in [3.8, 4) is 0 Å². The van der Waals surface area contributed by atoms with Crippen LogP contribution < -0.4 is 5.32 Å². The summed E-state index contributed by atoms with van der Waals surface area (Å²) in [7, 11) is 0. The second-order valence-electron chi connectivity index (χ2n) is 3.95. The molecule has 0 saturated carbocycles. The first-order valence-corrected chi connectivity index (χ1v) is 6.02. The maximum absolute atomic E-state index is 8.89. The van der Waals surface area contributed by atoms with Crippen molar-refractivity contribution in [3.05, 3.63) is 34.3 Å². The number of nitrogens with one attached hydrogen (secondary N) is 1. The van der Waals surface area contributed by atoms with Gasteiger partial charge in [0.25, 0.3) is 0 Å². The molecular formula is C12H18BrNO. The van der Waals surface area contributed by atoms with E-state index < -0.39 is 0 Å². The summed E-state index contributed by atoms with van der Waals surface area (Å²) < 4.78 is 1.11. The lowest BCUT2D eigenvalue weighted by molar-refractivity contribution is 0.250. The molecule has 3 heteroatoms. The molecule has 15 heavy (non-hydrogen) atoms. The molecule has 84 valence electrons. The van der Waals surface area contributed by atoms with Gasteiger partial charge in [0.05, 0.1) is 6.61 Å². The quantitative estimate of drug-likeness (QED) is 0.863. The van der Waals surface area contributed by atoms with Gasteiger partial charge < -0.3 is 10.4 Å². The molecule has 2 unspecified atom stereocenters. The smallest absolute Gasteiger partial charge is 0.0581 e. The molecule has 2 nitrogen and oxygen atoms in total. The summed E-state index contributed by atoms with van der Waals surface area (Å²) in [6, 6.07) is 8.50. The summed E-state index contributed by atoms with van der Waals surface area (Å²) in [5, 5.41) is 12.2. The number of aliphatic hydroxyl groups is 1. The molecule has 2 N–H and O–H groups in total. The average molecular weight is 272 g/mol. The van der Waals surface area contributed by atoms with E-state index in [0.29, 0.717) is 5.92 Å². The van der Waals surface area contributed by atoms with E-state index in [0.717, 1.165) is 11.0 Å². The second-order valence-corrected chi connectivity index (χ2v) is 4.86. The maximum Gasteiger partial charge on any atom is 0.0581 e. The Hall–Kier alpha value is -0.380. The Bertz CT molecular complexity index is 303. The molecule has 0 aliphatic heterocycles. The van der Waals surface area contributed by atoms with Crippen LogP contribution in [0.25, 0.3) is 0 Å². The van der Waals surface area contributed by atoms with E-state index in [1.807, 2.05) is 19.1 Å². The fourth-order valence-electron chi connectivity index (χ4n) is 1.37. The van der Waals surface area contributed by atoms with E-state index in [4.69, 9.17) is 5.11 Å². The third-order valence-corrected chi connectivity index (χ3v) is 2.96. The van der Waals surface area contributed by atoms with Crippen molar-refractivity contribution in [1.29, 1.82) is 0 Å². The van der Waals surface area contributed by atoms with E-state index >= 15 is 0 Å². The number of halogens is 1. The largest absolute Gasteiger partial charge is 0.395 e. The third-order valence-electron chi connectivity index (χ3n) is 2.46. The van der Waals surface area contributed by atoms with Crippen LogP contribution in [0.15, 0.2) is 28.7 Å². The Morgan fingerprint density at radius 2 is 2.13 bits per heavy atom. The maximum atomic E-state index is 8.89. The van der Waals surface area contributed by atoms with Crippen LogP contribution >= 0.6 is 15.9 Å². The fourth-order valence-corrected chi connectivity index (χ4v) is 1.79. The van der Waals surface area contributed by atoms with E-state index in [-0.39, 0.29) is 12.6 Å². The van der Waals surface area contributed by atoms with Gasteiger partial charge in [-0.05, 0) is 30.5 Å². The first-order chi connectivity index (χ1) is 7.13. The van der Waals surface area contributed by atoms with Crippen molar-refractivity contribution >= 4 is 15.9 Å². The van der Waals surface area contributed by atoms with Crippen LogP contribution in [0.4, 0.5) is 0 Å². The molecule has 2 atom stereocenters. The highest BCUT2D eigenvalue weighted by Crippen LogP contribution is 2.19.